The maximum Gasteiger partial charge on any atom is 0.227 e. The van der Waals surface area contributed by atoms with Crippen molar-refractivity contribution in [2.75, 3.05) is 43.4 Å². The summed E-state index contributed by atoms with van der Waals surface area (Å²) in [6.45, 7) is 5.97. The lowest BCUT2D eigenvalue weighted by atomic mass is 10.3. The van der Waals surface area contributed by atoms with Gasteiger partial charge in [0.15, 0.2) is 0 Å². The number of benzene rings is 1. The molecule has 1 aliphatic rings. The fourth-order valence-electron chi connectivity index (χ4n) is 2.48. The molecule has 1 N–H and O–H groups in total. The maximum absolute atomic E-state index is 6.02. The fourth-order valence-corrected chi connectivity index (χ4v) is 2.67. The van der Waals surface area contributed by atoms with E-state index in [4.69, 9.17) is 11.6 Å². The van der Waals surface area contributed by atoms with Gasteiger partial charge in [-0.15, -0.1) is 0 Å². The Hall–Kier alpha value is -1.85. The van der Waals surface area contributed by atoms with Crippen molar-refractivity contribution in [2.45, 2.75) is 6.92 Å². The second-order valence-electron chi connectivity index (χ2n) is 5.62. The van der Waals surface area contributed by atoms with E-state index in [1.165, 1.54) is 0 Å². The van der Waals surface area contributed by atoms with Crippen LogP contribution in [-0.2, 0) is 0 Å². The van der Waals surface area contributed by atoms with Crippen molar-refractivity contribution in [3.05, 3.63) is 41.0 Å². The second kappa shape index (κ2) is 6.50. The summed E-state index contributed by atoms with van der Waals surface area (Å²) in [6.07, 6.45) is 0. The Balaban J connectivity index is 1.80. The van der Waals surface area contributed by atoms with Crippen LogP contribution in [0.25, 0.3) is 0 Å². The lowest BCUT2D eigenvalue weighted by Gasteiger charge is -2.32. The molecule has 2 heterocycles. The van der Waals surface area contributed by atoms with Crippen LogP contribution in [0.4, 0.5) is 17.5 Å². The molecule has 1 aromatic heterocycles. The Morgan fingerprint density at radius 1 is 1.09 bits per heavy atom. The van der Waals surface area contributed by atoms with E-state index in [2.05, 4.69) is 32.1 Å². The van der Waals surface area contributed by atoms with Gasteiger partial charge in [-0.3, -0.25) is 0 Å². The second-order valence-corrected chi connectivity index (χ2v) is 6.06. The molecule has 116 valence electrons. The van der Waals surface area contributed by atoms with Crippen LogP contribution in [0.3, 0.4) is 0 Å². The molecule has 0 bridgehead atoms. The summed E-state index contributed by atoms with van der Waals surface area (Å²) in [5.41, 5.74) is 1.88. The van der Waals surface area contributed by atoms with Crippen LogP contribution in [-0.4, -0.2) is 48.1 Å². The number of anilines is 3. The number of nitrogens with one attached hydrogen (secondary N) is 1. The first kappa shape index (κ1) is 15.1. The molecule has 0 aliphatic carbocycles. The predicted molar refractivity (Wildman–Crippen MR) is 91.2 cm³/mol. The first-order valence-corrected chi connectivity index (χ1v) is 7.80. The number of likely N-dealkylation sites (N-methyl/N-ethyl adjacent to an activating group) is 1. The molecule has 3 rings (SSSR count). The van der Waals surface area contributed by atoms with Crippen molar-refractivity contribution >= 4 is 29.1 Å². The van der Waals surface area contributed by atoms with Crippen LogP contribution >= 0.6 is 11.6 Å². The van der Waals surface area contributed by atoms with Crippen molar-refractivity contribution < 1.29 is 0 Å². The Kier molecular flexibility index (Phi) is 4.45. The minimum atomic E-state index is 0.704. The Bertz CT molecular complexity index is 653. The van der Waals surface area contributed by atoms with Gasteiger partial charge in [-0.25, -0.2) is 4.98 Å². The minimum Gasteiger partial charge on any atom is -0.340 e. The molecule has 0 spiro atoms. The lowest BCUT2D eigenvalue weighted by Crippen LogP contribution is -2.45. The molecule has 6 heteroatoms. The van der Waals surface area contributed by atoms with Crippen molar-refractivity contribution in [2.24, 2.45) is 0 Å². The molecular weight excluding hydrogens is 298 g/mol. The van der Waals surface area contributed by atoms with Gasteiger partial charge in [-0.2, -0.15) is 4.98 Å². The lowest BCUT2D eigenvalue weighted by molar-refractivity contribution is 0.311. The highest BCUT2D eigenvalue weighted by Crippen LogP contribution is 2.21. The highest BCUT2D eigenvalue weighted by atomic mass is 35.5. The van der Waals surface area contributed by atoms with Crippen molar-refractivity contribution in [1.29, 1.82) is 0 Å². The number of aryl methyl sites for hydroxylation is 1. The average molecular weight is 318 g/mol. The third-order valence-electron chi connectivity index (χ3n) is 3.73. The van der Waals surface area contributed by atoms with Gasteiger partial charge in [0.25, 0.3) is 0 Å². The normalized spacial score (nSPS) is 15.9. The van der Waals surface area contributed by atoms with Crippen LogP contribution in [0.5, 0.6) is 0 Å². The van der Waals surface area contributed by atoms with E-state index in [1.807, 2.05) is 37.3 Å². The number of rotatable bonds is 3. The zero-order valence-corrected chi connectivity index (χ0v) is 13.6. The van der Waals surface area contributed by atoms with E-state index in [0.717, 1.165) is 49.3 Å². The van der Waals surface area contributed by atoms with Crippen LogP contribution in [0.2, 0.25) is 5.02 Å². The van der Waals surface area contributed by atoms with Crippen LogP contribution < -0.4 is 10.2 Å². The van der Waals surface area contributed by atoms with Gasteiger partial charge >= 0.3 is 0 Å². The quantitative estimate of drug-likeness (QED) is 0.943. The molecule has 1 aromatic carbocycles. The molecule has 0 radical (unpaired) electrons. The van der Waals surface area contributed by atoms with Gasteiger partial charge in [-0.05, 0) is 32.2 Å². The molecule has 1 aliphatic heterocycles. The summed E-state index contributed by atoms with van der Waals surface area (Å²) in [5, 5.41) is 4.00. The van der Waals surface area contributed by atoms with Gasteiger partial charge in [0.2, 0.25) is 5.95 Å². The molecule has 0 atom stereocenters. The fraction of sp³-hybridized carbons (Fsp3) is 0.375. The Morgan fingerprint density at radius 3 is 2.59 bits per heavy atom. The standard InChI is InChI=1S/C16H20ClN5/c1-12-10-15(19-14-5-3-4-13(17)11-14)20-16(18-12)22-8-6-21(2)7-9-22/h3-5,10-11H,6-9H2,1-2H3,(H,18,19,20). The van der Waals surface area contributed by atoms with E-state index in [1.54, 1.807) is 0 Å². The van der Waals surface area contributed by atoms with Crippen molar-refractivity contribution in [3.63, 3.8) is 0 Å². The molecule has 1 saturated heterocycles. The van der Waals surface area contributed by atoms with Gasteiger partial charge < -0.3 is 15.1 Å². The van der Waals surface area contributed by atoms with Gasteiger partial charge in [0.1, 0.15) is 5.82 Å². The number of halogens is 1. The number of nitrogens with zero attached hydrogens (tertiary/aromatic N) is 4. The molecule has 22 heavy (non-hydrogen) atoms. The zero-order chi connectivity index (χ0) is 15.5. The summed E-state index contributed by atoms with van der Waals surface area (Å²) < 4.78 is 0. The van der Waals surface area contributed by atoms with Crippen molar-refractivity contribution in [3.8, 4) is 0 Å². The Morgan fingerprint density at radius 2 is 1.86 bits per heavy atom. The van der Waals surface area contributed by atoms with Gasteiger partial charge in [0, 0.05) is 48.6 Å². The number of hydrogen-bond acceptors (Lipinski definition) is 5. The van der Waals surface area contributed by atoms with E-state index >= 15 is 0 Å². The highest BCUT2D eigenvalue weighted by molar-refractivity contribution is 6.30. The van der Waals surface area contributed by atoms with Crippen LogP contribution in [0.1, 0.15) is 5.69 Å². The van der Waals surface area contributed by atoms with E-state index in [-0.39, 0.29) is 0 Å². The Labute approximate surface area is 135 Å². The van der Waals surface area contributed by atoms with Gasteiger partial charge in [-0.1, -0.05) is 17.7 Å². The predicted octanol–water partition coefficient (Wildman–Crippen LogP) is 2.93. The summed E-state index contributed by atoms with van der Waals surface area (Å²) in [7, 11) is 2.14. The summed E-state index contributed by atoms with van der Waals surface area (Å²) >= 11 is 6.02. The summed E-state index contributed by atoms with van der Waals surface area (Å²) in [4.78, 5) is 13.8. The summed E-state index contributed by atoms with van der Waals surface area (Å²) in [5.74, 6) is 1.58. The highest BCUT2D eigenvalue weighted by Gasteiger charge is 2.17. The first-order chi connectivity index (χ1) is 10.6. The molecular formula is C16H20ClN5. The third-order valence-corrected chi connectivity index (χ3v) is 3.96. The van der Waals surface area contributed by atoms with Crippen molar-refractivity contribution in [1.82, 2.24) is 14.9 Å². The molecule has 0 saturated carbocycles. The van der Waals surface area contributed by atoms with E-state index in [0.29, 0.717) is 5.02 Å². The van der Waals surface area contributed by atoms with Crippen LogP contribution in [0, 0.1) is 6.92 Å². The smallest absolute Gasteiger partial charge is 0.227 e. The number of piperazine rings is 1. The molecule has 0 amide bonds. The molecule has 1 fully saturated rings. The first-order valence-electron chi connectivity index (χ1n) is 7.42. The zero-order valence-electron chi connectivity index (χ0n) is 12.9. The largest absolute Gasteiger partial charge is 0.340 e. The summed E-state index contributed by atoms with van der Waals surface area (Å²) in [6, 6.07) is 9.57. The monoisotopic (exact) mass is 317 g/mol. The molecule has 0 unspecified atom stereocenters. The van der Waals surface area contributed by atoms with Gasteiger partial charge in [0.05, 0.1) is 0 Å². The van der Waals surface area contributed by atoms with Crippen LogP contribution in [0.15, 0.2) is 30.3 Å². The number of aromatic nitrogens is 2. The topological polar surface area (TPSA) is 44.3 Å². The number of hydrogen-bond donors (Lipinski definition) is 1. The van der Waals surface area contributed by atoms with E-state index < -0.39 is 0 Å². The molecule has 5 nitrogen and oxygen atoms in total. The molecule has 2 aromatic rings. The average Bonchev–Trinajstić information content (AvgIpc) is 2.47. The third kappa shape index (κ3) is 3.67. The van der Waals surface area contributed by atoms with E-state index in [9.17, 15) is 0 Å². The minimum absolute atomic E-state index is 0.704. The maximum atomic E-state index is 6.02. The SMILES string of the molecule is Cc1cc(Nc2cccc(Cl)c2)nc(N2CCN(C)CC2)n1.